The molecule has 0 radical (unpaired) electrons. The summed E-state index contributed by atoms with van der Waals surface area (Å²) in [4.78, 5) is 39.9. The monoisotopic (exact) mass is 1030 g/mol. The SMILES string of the molecule is COCCOCCOCCOCCOCCOCCOCCOC(=O)OC(C)OC(=O)c1ccc(NC(=O)[C@@H]2N[C@@H](CC(C)(C)C)[C@](C#N)(c3ccc(Cl)cc3F)[C@H]2c2cccc(Cl)c2F)c(OC)c1. The van der Waals surface area contributed by atoms with E-state index >= 15 is 8.78 Å². The molecule has 1 fully saturated rings. The Balaban J connectivity index is 1.24. The second kappa shape index (κ2) is 29.6. The second-order valence-electron chi connectivity index (χ2n) is 16.9. The second-order valence-corrected chi connectivity index (χ2v) is 17.8. The van der Waals surface area contributed by atoms with Crippen LogP contribution < -0.4 is 15.4 Å². The van der Waals surface area contributed by atoms with E-state index in [2.05, 4.69) is 16.7 Å². The van der Waals surface area contributed by atoms with Crippen molar-refractivity contribution in [1.82, 2.24) is 5.32 Å². The van der Waals surface area contributed by atoms with Gasteiger partial charge in [-0.2, -0.15) is 5.26 Å². The number of anilines is 1. The molecule has 2 N–H and O–H groups in total. The van der Waals surface area contributed by atoms with Crippen LogP contribution in [0.25, 0.3) is 0 Å². The number of hydrogen-bond acceptors (Lipinski definition) is 16. The number of nitriles is 1. The molecule has 0 saturated carbocycles. The van der Waals surface area contributed by atoms with Gasteiger partial charge in [0.1, 0.15) is 29.4 Å². The van der Waals surface area contributed by atoms with Gasteiger partial charge < -0.3 is 62.7 Å². The average Bonchev–Trinajstić information content (AvgIpc) is 3.63. The molecule has 3 aromatic carbocycles. The summed E-state index contributed by atoms with van der Waals surface area (Å²) < 4.78 is 90.3. The molecule has 1 heterocycles. The van der Waals surface area contributed by atoms with Gasteiger partial charge in [0.05, 0.1) is 121 Å². The van der Waals surface area contributed by atoms with Gasteiger partial charge in [-0.25, -0.2) is 18.4 Å². The van der Waals surface area contributed by atoms with E-state index in [-0.39, 0.29) is 64.4 Å². The van der Waals surface area contributed by atoms with E-state index < -0.39 is 64.8 Å². The number of ether oxygens (including phenoxy) is 11. The van der Waals surface area contributed by atoms with Crippen molar-refractivity contribution in [2.24, 2.45) is 5.41 Å². The molecule has 1 unspecified atom stereocenters. The molecule has 70 heavy (non-hydrogen) atoms. The largest absolute Gasteiger partial charge is 0.511 e. The van der Waals surface area contributed by atoms with E-state index in [0.29, 0.717) is 72.7 Å². The molecule has 17 nitrogen and oxygen atoms in total. The molecule has 5 atom stereocenters. The molecular formula is C49H63Cl2F2N3O14. The van der Waals surface area contributed by atoms with E-state index in [4.69, 9.17) is 75.3 Å². The first-order chi connectivity index (χ1) is 33.6. The summed E-state index contributed by atoms with van der Waals surface area (Å²) >= 11 is 12.4. The summed E-state index contributed by atoms with van der Waals surface area (Å²) in [6, 6.07) is 12.2. The third-order valence-electron chi connectivity index (χ3n) is 10.7. The van der Waals surface area contributed by atoms with Crippen LogP contribution in [0.5, 0.6) is 5.75 Å². The van der Waals surface area contributed by atoms with Crippen LogP contribution in [0.4, 0.5) is 19.3 Å². The fraction of sp³-hybridized carbons (Fsp3) is 0.551. The Morgan fingerprint density at radius 1 is 0.786 bits per heavy atom. The van der Waals surface area contributed by atoms with Crippen molar-refractivity contribution in [2.45, 2.75) is 63.8 Å². The maximum atomic E-state index is 16.1. The van der Waals surface area contributed by atoms with Crippen LogP contribution in [0.2, 0.25) is 10.0 Å². The average molecular weight is 1030 g/mol. The quantitative estimate of drug-likeness (QED) is 0.0375. The molecule has 1 aliphatic rings. The van der Waals surface area contributed by atoms with Crippen LogP contribution in [0.1, 0.15) is 61.5 Å². The number of carbonyl (C=O) groups is 3. The summed E-state index contributed by atoms with van der Waals surface area (Å²) in [6.07, 6.45) is -2.21. The molecule has 1 aliphatic heterocycles. The number of hydrogen-bond donors (Lipinski definition) is 2. The van der Waals surface area contributed by atoms with Crippen LogP contribution in [-0.4, -0.2) is 143 Å². The normalized spacial score (nSPS) is 18.2. The van der Waals surface area contributed by atoms with Gasteiger partial charge in [-0.15, -0.1) is 0 Å². The number of benzene rings is 3. The third kappa shape index (κ3) is 17.5. The number of nitrogens with one attached hydrogen (secondary N) is 2. The van der Waals surface area contributed by atoms with Crippen LogP contribution >= 0.6 is 23.2 Å². The van der Waals surface area contributed by atoms with Gasteiger partial charge in [-0.1, -0.05) is 62.2 Å². The molecule has 4 rings (SSSR count). The highest BCUT2D eigenvalue weighted by Crippen LogP contribution is 2.53. The summed E-state index contributed by atoms with van der Waals surface area (Å²) in [5.41, 5.74) is -2.41. The molecule has 21 heteroatoms. The topological polar surface area (TPSA) is 201 Å². The molecule has 386 valence electrons. The standard InChI is InChI=1S/C49H63Cl2F2N3O14/c1-32(70-47(59)68-27-26-67-25-24-66-23-22-65-21-20-64-19-18-63-17-16-62-15-14-60-5)69-46(58)33-10-13-39(40(28-33)61-6)55-45(57)44-42(35-8-7-9-37(51)43(35)53)49(31-54,41(56-44)30-48(2,3)4)36-12-11-34(50)29-38(36)52/h7-13,28-29,32,41-42,44,56H,14-27,30H2,1-6H3,(H,55,57)/t32?,41-,42-,44+,49-/m0/s1. The minimum Gasteiger partial charge on any atom is -0.495 e. The molecule has 0 bridgehead atoms. The lowest BCUT2D eigenvalue weighted by Gasteiger charge is -2.37. The number of rotatable bonds is 30. The summed E-state index contributed by atoms with van der Waals surface area (Å²) in [7, 11) is 2.92. The number of esters is 1. The molecule has 1 saturated heterocycles. The lowest BCUT2D eigenvalue weighted by Crippen LogP contribution is -2.45. The van der Waals surface area contributed by atoms with Gasteiger partial charge in [-0.3, -0.25) is 4.79 Å². The first-order valence-electron chi connectivity index (χ1n) is 22.6. The minimum absolute atomic E-state index is 0.0235. The highest BCUT2D eigenvalue weighted by Gasteiger charge is 2.61. The van der Waals surface area contributed by atoms with Crippen molar-refractivity contribution in [3.63, 3.8) is 0 Å². The number of halogens is 4. The van der Waals surface area contributed by atoms with Crippen LogP contribution in [0.15, 0.2) is 54.6 Å². The van der Waals surface area contributed by atoms with Crippen LogP contribution in [-0.2, 0) is 57.6 Å². The summed E-state index contributed by atoms with van der Waals surface area (Å²) in [6.45, 7) is 12.1. The van der Waals surface area contributed by atoms with E-state index in [9.17, 15) is 19.6 Å². The summed E-state index contributed by atoms with van der Waals surface area (Å²) in [5.74, 6) is -4.61. The van der Waals surface area contributed by atoms with Crippen molar-refractivity contribution < 1.29 is 75.3 Å². The predicted molar refractivity (Wildman–Crippen MR) is 253 cm³/mol. The fourth-order valence-electron chi connectivity index (χ4n) is 7.63. The van der Waals surface area contributed by atoms with Gasteiger partial charge in [0.2, 0.25) is 12.2 Å². The fourth-order valence-corrected chi connectivity index (χ4v) is 7.97. The van der Waals surface area contributed by atoms with Crippen LogP contribution in [0.3, 0.4) is 0 Å². The Labute approximate surface area is 417 Å². The van der Waals surface area contributed by atoms with Gasteiger partial charge in [0.15, 0.2) is 0 Å². The Morgan fingerprint density at radius 3 is 1.89 bits per heavy atom. The smallest absolute Gasteiger partial charge is 0.495 e. The van der Waals surface area contributed by atoms with E-state index in [1.54, 1.807) is 7.11 Å². The first kappa shape index (κ1) is 57.9. The maximum absolute atomic E-state index is 16.1. The molecule has 0 spiro atoms. The maximum Gasteiger partial charge on any atom is 0.511 e. The van der Waals surface area contributed by atoms with Gasteiger partial charge in [0.25, 0.3) is 0 Å². The van der Waals surface area contributed by atoms with Gasteiger partial charge in [-0.05, 0) is 53.8 Å². The highest BCUT2D eigenvalue weighted by molar-refractivity contribution is 6.31. The minimum atomic E-state index is -1.85. The highest BCUT2D eigenvalue weighted by atomic mass is 35.5. The van der Waals surface area contributed by atoms with Crippen molar-refractivity contribution >= 4 is 46.9 Å². The lowest BCUT2D eigenvalue weighted by atomic mass is 9.62. The molecular weight excluding hydrogens is 963 g/mol. The first-order valence-corrected chi connectivity index (χ1v) is 23.4. The zero-order chi connectivity index (χ0) is 51.1. The Kier molecular flexibility index (Phi) is 24.4. The van der Waals surface area contributed by atoms with E-state index in [1.807, 2.05) is 20.8 Å². The predicted octanol–water partition coefficient (Wildman–Crippen LogP) is 7.64. The molecule has 1 amide bonds. The van der Waals surface area contributed by atoms with Crippen molar-refractivity contribution in [3.8, 4) is 11.8 Å². The number of amides is 1. The van der Waals surface area contributed by atoms with Crippen molar-refractivity contribution in [3.05, 3.63) is 93.0 Å². The van der Waals surface area contributed by atoms with Gasteiger partial charge >= 0.3 is 12.1 Å². The third-order valence-corrected chi connectivity index (χ3v) is 11.2. The zero-order valence-corrected chi connectivity index (χ0v) is 41.8. The lowest BCUT2D eigenvalue weighted by molar-refractivity contribution is -0.118. The zero-order valence-electron chi connectivity index (χ0n) is 40.3. The summed E-state index contributed by atoms with van der Waals surface area (Å²) in [5, 5.41) is 17.0. The molecule has 0 aliphatic carbocycles. The van der Waals surface area contributed by atoms with E-state index in [0.717, 1.165) is 6.07 Å². The van der Waals surface area contributed by atoms with Gasteiger partial charge in [0, 0.05) is 36.6 Å². The Morgan fingerprint density at radius 2 is 1.36 bits per heavy atom. The number of methoxy groups -OCH3 is 2. The van der Waals surface area contributed by atoms with Crippen molar-refractivity contribution in [2.75, 3.05) is 112 Å². The van der Waals surface area contributed by atoms with Crippen LogP contribution in [0, 0.1) is 28.4 Å². The van der Waals surface area contributed by atoms with E-state index in [1.165, 1.54) is 62.6 Å². The number of nitrogens with zero attached hydrogens (tertiary/aromatic N) is 1. The van der Waals surface area contributed by atoms with Crippen molar-refractivity contribution in [1.29, 1.82) is 5.26 Å². The number of carbonyl (C=O) groups excluding carboxylic acids is 3. The molecule has 3 aromatic rings. The Hall–Kier alpha value is -4.72. The molecule has 0 aromatic heterocycles. The Bertz CT molecular complexity index is 2180.